The number of hydrogen-bond acceptors (Lipinski definition) is 3. The molecule has 1 aromatic heterocycles. The fourth-order valence-corrected chi connectivity index (χ4v) is 2.58. The number of aromatic nitrogens is 3. The zero-order valence-corrected chi connectivity index (χ0v) is 13.6. The van der Waals surface area contributed by atoms with Crippen molar-refractivity contribution in [3.63, 3.8) is 0 Å². The molecule has 114 valence electrons. The van der Waals surface area contributed by atoms with Gasteiger partial charge in [0, 0.05) is 0 Å². The van der Waals surface area contributed by atoms with E-state index in [2.05, 4.69) is 22.6 Å². The first kappa shape index (κ1) is 16.2. The SMILES string of the molecule is CCCNC(C)c1nnn(-c2cc(Cl)c(F)c(Cl)c2)c1C. The first-order valence-electron chi connectivity index (χ1n) is 6.76. The van der Waals surface area contributed by atoms with Crippen molar-refractivity contribution in [2.75, 3.05) is 6.54 Å². The van der Waals surface area contributed by atoms with E-state index in [1.807, 2.05) is 13.8 Å². The number of rotatable bonds is 5. The number of benzene rings is 1. The number of hydrogen-bond donors (Lipinski definition) is 1. The summed E-state index contributed by atoms with van der Waals surface area (Å²) in [6.45, 7) is 6.94. The fraction of sp³-hybridized carbons (Fsp3) is 0.429. The Labute approximate surface area is 133 Å². The minimum Gasteiger partial charge on any atom is -0.309 e. The highest BCUT2D eigenvalue weighted by Gasteiger charge is 2.17. The minimum atomic E-state index is -0.627. The van der Waals surface area contributed by atoms with Crippen molar-refractivity contribution in [1.82, 2.24) is 20.3 Å². The van der Waals surface area contributed by atoms with Gasteiger partial charge < -0.3 is 5.32 Å². The molecule has 0 amide bonds. The van der Waals surface area contributed by atoms with E-state index in [9.17, 15) is 4.39 Å². The lowest BCUT2D eigenvalue weighted by atomic mass is 10.2. The van der Waals surface area contributed by atoms with Crippen LogP contribution in [0, 0.1) is 12.7 Å². The van der Waals surface area contributed by atoms with E-state index in [4.69, 9.17) is 23.2 Å². The molecule has 0 aliphatic heterocycles. The van der Waals surface area contributed by atoms with Gasteiger partial charge in [-0.1, -0.05) is 35.3 Å². The molecule has 2 rings (SSSR count). The highest BCUT2D eigenvalue weighted by molar-refractivity contribution is 6.35. The smallest absolute Gasteiger partial charge is 0.160 e. The van der Waals surface area contributed by atoms with Crippen molar-refractivity contribution in [1.29, 1.82) is 0 Å². The van der Waals surface area contributed by atoms with Crippen molar-refractivity contribution in [3.8, 4) is 5.69 Å². The molecular weight excluding hydrogens is 314 g/mol. The largest absolute Gasteiger partial charge is 0.309 e. The molecule has 1 unspecified atom stereocenters. The van der Waals surface area contributed by atoms with E-state index in [1.54, 1.807) is 4.68 Å². The Morgan fingerprint density at radius 2 is 1.95 bits per heavy atom. The minimum absolute atomic E-state index is 0.0360. The molecule has 0 saturated heterocycles. The third-order valence-electron chi connectivity index (χ3n) is 3.25. The molecule has 0 aliphatic rings. The first-order chi connectivity index (χ1) is 9.95. The van der Waals surface area contributed by atoms with Crippen LogP contribution in [0.2, 0.25) is 10.0 Å². The predicted octanol–water partition coefficient (Wildman–Crippen LogP) is 4.08. The summed E-state index contributed by atoms with van der Waals surface area (Å²) in [5.41, 5.74) is 2.30. The molecule has 0 saturated carbocycles. The first-order valence-corrected chi connectivity index (χ1v) is 7.51. The molecule has 21 heavy (non-hydrogen) atoms. The van der Waals surface area contributed by atoms with Crippen LogP contribution in [0.4, 0.5) is 4.39 Å². The van der Waals surface area contributed by atoms with Crippen LogP contribution in [0.15, 0.2) is 12.1 Å². The van der Waals surface area contributed by atoms with Crippen LogP contribution in [0.25, 0.3) is 5.69 Å². The monoisotopic (exact) mass is 330 g/mol. The molecule has 1 N–H and O–H groups in total. The molecule has 1 heterocycles. The summed E-state index contributed by atoms with van der Waals surface area (Å²) in [7, 11) is 0. The molecular formula is C14H17Cl2FN4. The standard InChI is InChI=1S/C14H17Cl2FN4/c1-4-5-18-8(2)14-9(3)21(20-19-14)10-6-11(15)13(17)12(16)7-10/h6-8,18H,4-5H2,1-3H3. The van der Waals surface area contributed by atoms with Crippen molar-refractivity contribution in [2.45, 2.75) is 33.2 Å². The second-order valence-corrected chi connectivity index (χ2v) is 5.69. The van der Waals surface area contributed by atoms with Gasteiger partial charge in [0.15, 0.2) is 5.82 Å². The van der Waals surface area contributed by atoms with Crippen LogP contribution in [0.1, 0.15) is 37.7 Å². The second-order valence-electron chi connectivity index (χ2n) is 4.87. The van der Waals surface area contributed by atoms with Crippen LogP contribution in [-0.2, 0) is 0 Å². The van der Waals surface area contributed by atoms with Crippen molar-refractivity contribution in [2.24, 2.45) is 0 Å². The lowest BCUT2D eigenvalue weighted by Crippen LogP contribution is -2.20. The van der Waals surface area contributed by atoms with Crippen molar-refractivity contribution in [3.05, 3.63) is 39.4 Å². The van der Waals surface area contributed by atoms with Gasteiger partial charge in [0.2, 0.25) is 0 Å². The topological polar surface area (TPSA) is 42.7 Å². The Morgan fingerprint density at radius 1 is 1.33 bits per heavy atom. The van der Waals surface area contributed by atoms with Gasteiger partial charge in [0.25, 0.3) is 0 Å². The summed E-state index contributed by atoms with van der Waals surface area (Å²) in [5.74, 6) is -0.627. The van der Waals surface area contributed by atoms with Gasteiger partial charge >= 0.3 is 0 Å². The Morgan fingerprint density at radius 3 is 2.52 bits per heavy atom. The van der Waals surface area contributed by atoms with Crippen LogP contribution >= 0.6 is 23.2 Å². The molecule has 0 radical (unpaired) electrons. The maximum atomic E-state index is 13.5. The van der Waals surface area contributed by atoms with Crippen LogP contribution in [-0.4, -0.2) is 21.5 Å². The van der Waals surface area contributed by atoms with Gasteiger partial charge in [0.05, 0.1) is 27.5 Å². The van der Waals surface area contributed by atoms with Gasteiger partial charge in [-0.2, -0.15) is 0 Å². The zero-order valence-electron chi connectivity index (χ0n) is 12.1. The van der Waals surface area contributed by atoms with Gasteiger partial charge in [-0.3, -0.25) is 0 Å². The quantitative estimate of drug-likeness (QED) is 0.840. The Bertz CT molecular complexity index is 619. The van der Waals surface area contributed by atoms with Gasteiger partial charge in [-0.05, 0) is 38.9 Å². The summed E-state index contributed by atoms with van der Waals surface area (Å²) in [5, 5.41) is 11.6. The average molecular weight is 331 g/mol. The molecule has 0 aliphatic carbocycles. The van der Waals surface area contributed by atoms with E-state index in [1.165, 1.54) is 12.1 Å². The normalized spacial score (nSPS) is 12.7. The van der Waals surface area contributed by atoms with Crippen LogP contribution < -0.4 is 5.32 Å². The van der Waals surface area contributed by atoms with E-state index >= 15 is 0 Å². The van der Waals surface area contributed by atoms with Gasteiger partial charge in [0.1, 0.15) is 5.69 Å². The van der Waals surface area contributed by atoms with Crippen molar-refractivity contribution < 1.29 is 4.39 Å². The third-order valence-corrected chi connectivity index (χ3v) is 3.80. The lowest BCUT2D eigenvalue weighted by Gasteiger charge is -2.11. The maximum Gasteiger partial charge on any atom is 0.160 e. The molecule has 0 spiro atoms. The third kappa shape index (κ3) is 3.36. The molecule has 0 fully saturated rings. The molecule has 1 atom stereocenters. The summed E-state index contributed by atoms with van der Waals surface area (Å²) in [6, 6.07) is 3.06. The van der Waals surface area contributed by atoms with E-state index in [-0.39, 0.29) is 16.1 Å². The number of nitrogens with zero attached hydrogens (tertiary/aromatic N) is 3. The van der Waals surface area contributed by atoms with E-state index < -0.39 is 5.82 Å². The maximum absolute atomic E-state index is 13.5. The summed E-state index contributed by atoms with van der Waals surface area (Å²) in [6.07, 6.45) is 1.04. The zero-order chi connectivity index (χ0) is 15.6. The van der Waals surface area contributed by atoms with Crippen LogP contribution in [0.3, 0.4) is 0 Å². The summed E-state index contributed by atoms with van der Waals surface area (Å²) >= 11 is 11.7. The highest BCUT2D eigenvalue weighted by atomic mass is 35.5. The van der Waals surface area contributed by atoms with Gasteiger partial charge in [-0.25, -0.2) is 9.07 Å². The van der Waals surface area contributed by atoms with Crippen molar-refractivity contribution >= 4 is 23.2 Å². The number of nitrogens with one attached hydrogen (secondary N) is 1. The lowest BCUT2D eigenvalue weighted by molar-refractivity contribution is 0.555. The van der Waals surface area contributed by atoms with Crippen LogP contribution in [0.5, 0.6) is 0 Å². The molecule has 4 nitrogen and oxygen atoms in total. The molecule has 2 aromatic rings. The van der Waals surface area contributed by atoms with E-state index in [0.29, 0.717) is 5.69 Å². The van der Waals surface area contributed by atoms with E-state index in [0.717, 1.165) is 24.4 Å². The average Bonchev–Trinajstić information content (AvgIpc) is 2.83. The number of halogens is 3. The molecule has 7 heteroatoms. The fourth-order valence-electron chi connectivity index (χ4n) is 2.11. The summed E-state index contributed by atoms with van der Waals surface area (Å²) < 4.78 is 15.1. The van der Waals surface area contributed by atoms with Gasteiger partial charge in [-0.15, -0.1) is 5.10 Å². The highest BCUT2D eigenvalue weighted by Crippen LogP contribution is 2.27. The summed E-state index contributed by atoms with van der Waals surface area (Å²) in [4.78, 5) is 0. The Hall–Kier alpha value is -1.17. The second kappa shape index (κ2) is 6.73. The Kier molecular flexibility index (Phi) is 5.19. The Balaban J connectivity index is 2.36. The molecule has 1 aromatic carbocycles. The molecule has 0 bridgehead atoms. The predicted molar refractivity (Wildman–Crippen MR) is 82.8 cm³/mol.